The molecule has 136 valence electrons. The summed E-state index contributed by atoms with van der Waals surface area (Å²) in [7, 11) is 0. The normalized spacial score (nSPS) is 11.5. The quantitative estimate of drug-likeness (QED) is 0.295. The zero-order chi connectivity index (χ0) is 15.8. The molecule has 0 heterocycles. The highest BCUT2D eigenvalue weighted by Crippen LogP contribution is 2.20. The largest absolute Gasteiger partial charge is 0.412 e. The van der Waals surface area contributed by atoms with E-state index in [9.17, 15) is 0 Å². The van der Waals surface area contributed by atoms with Crippen molar-refractivity contribution in [2.45, 2.75) is 85.2 Å². The topological polar surface area (TPSA) is 36.9 Å². The Kier molecular flexibility index (Phi) is 18.7. The lowest BCUT2D eigenvalue weighted by Crippen LogP contribution is -2.43. The van der Waals surface area contributed by atoms with Gasteiger partial charge in [-0.15, -0.1) is 0 Å². The van der Waals surface area contributed by atoms with E-state index in [-0.39, 0.29) is 4.70 Å². The molecule has 0 aliphatic rings. The van der Waals surface area contributed by atoms with E-state index in [4.69, 9.17) is 18.9 Å². The Labute approximate surface area is 136 Å². The molecular formula is C17H37FO4. The monoisotopic (exact) mass is 324 g/mol. The average Bonchev–Trinajstić information content (AvgIpc) is 2.48. The lowest BCUT2D eigenvalue weighted by Gasteiger charge is -2.32. The van der Waals surface area contributed by atoms with Crippen molar-refractivity contribution >= 4 is 0 Å². The van der Waals surface area contributed by atoms with Crippen LogP contribution in [0.15, 0.2) is 0 Å². The average molecular weight is 324 g/mol. The van der Waals surface area contributed by atoms with Crippen molar-refractivity contribution in [2.75, 3.05) is 26.4 Å². The zero-order valence-corrected chi connectivity index (χ0v) is 15.0. The summed E-state index contributed by atoms with van der Waals surface area (Å²) in [5.74, 6) is 0. The van der Waals surface area contributed by atoms with Crippen LogP contribution in [0.3, 0.4) is 0 Å². The molecule has 0 amide bonds. The van der Waals surface area contributed by atoms with E-state index < -0.39 is 6.16 Å². The first-order valence-electron chi connectivity index (χ1n) is 8.80. The smallest absolute Gasteiger partial charge is 0.303 e. The minimum absolute atomic E-state index is 0. The fraction of sp³-hybridized carbons (Fsp3) is 1.00. The minimum Gasteiger partial charge on any atom is -0.303 e. The number of unbranched alkanes of at least 4 members (excludes halogenated alkanes) is 4. The van der Waals surface area contributed by atoms with Crippen molar-refractivity contribution in [3.63, 3.8) is 0 Å². The van der Waals surface area contributed by atoms with Gasteiger partial charge in [-0.05, 0) is 25.7 Å². The molecule has 5 heteroatoms. The first-order valence-corrected chi connectivity index (χ1v) is 8.80. The minimum atomic E-state index is -1.30. The van der Waals surface area contributed by atoms with Crippen molar-refractivity contribution in [3.05, 3.63) is 0 Å². The third-order valence-electron chi connectivity index (χ3n) is 3.11. The van der Waals surface area contributed by atoms with Crippen LogP contribution in [0.4, 0.5) is 4.70 Å². The van der Waals surface area contributed by atoms with E-state index >= 15 is 0 Å². The predicted molar refractivity (Wildman–Crippen MR) is 88.7 cm³/mol. The molecule has 4 nitrogen and oxygen atoms in total. The highest BCUT2D eigenvalue weighted by atomic mass is 19.0. The second-order valence-corrected chi connectivity index (χ2v) is 5.31. The summed E-state index contributed by atoms with van der Waals surface area (Å²) in [4.78, 5) is 0. The van der Waals surface area contributed by atoms with Gasteiger partial charge in [0.25, 0.3) is 0 Å². The number of rotatable bonds is 16. The number of halogens is 1. The predicted octanol–water partition coefficient (Wildman–Crippen LogP) is 5.02. The Morgan fingerprint density at radius 2 is 0.727 bits per heavy atom. The molecule has 0 rings (SSSR count). The lowest BCUT2D eigenvalue weighted by atomic mass is 10.3. The molecule has 0 unspecified atom stereocenters. The van der Waals surface area contributed by atoms with E-state index in [1.807, 2.05) is 0 Å². The van der Waals surface area contributed by atoms with Crippen LogP contribution in [-0.4, -0.2) is 32.6 Å². The van der Waals surface area contributed by atoms with Gasteiger partial charge in [0.2, 0.25) is 0 Å². The van der Waals surface area contributed by atoms with Gasteiger partial charge in [0, 0.05) is 0 Å². The van der Waals surface area contributed by atoms with Crippen molar-refractivity contribution < 1.29 is 23.7 Å². The third-order valence-corrected chi connectivity index (χ3v) is 3.11. The fourth-order valence-corrected chi connectivity index (χ4v) is 1.62. The summed E-state index contributed by atoms with van der Waals surface area (Å²) in [6.45, 7) is 10.9. The van der Waals surface area contributed by atoms with Gasteiger partial charge in [0.15, 0.2) is 0 Å². The maximum atomic E-state index is 5.84. The molecule has 0 saturated heterocycles. The maximum absolute atomic E-state index is 5.84. The molecule has 22 heavy (non-hydrogen) atoms. The highest BCUT2D eigenvalue weighted by molar-refractivity contribution is 4.48. The van der Waals surface area contributed by atoms with E-state index in [0.29, 0.717) is 26.4 Å². The van der Waals surface area contributed by atoms with Gasteiger partial charge in [-0.25, -0.2) is 0 Å². The first-order chi connectivity index (χ1) is 10.2. The Morgan fingerprint density at radius 3 is 0.909 bits per heavy atom. The SMILES string of the molecule is CCCCOC(OCCCC)(OCCCC)OCCCC.F. The standard InChI is InChI=1S/C17H36O4.FH/c1-5-9-13-18-17(19-14-10-6-2,20-15-11-7-3)21-16-12-8-4;/h5-16H2,1-4H3;1H. The van der Waals surface area contributed by atoms with Crippen LogP contribution in [0.1, 0.15) is 79.1 Å². The van der Waals surface area contributed by atoms with Crippen molar-refractivity contribution in [3.8, 4) is 0 Å². The van der Waals surface area contributed by atoms with Crippen LogP contribution in [0.25, 0.3) is 0 Å². The third kappa shape index (κ3) is 12.3. The summed E-state index contributed by atoms with van der Waals surface area (Å²) >= 11 is 0. The number of hydrogen-bond donors (Lipinski definition) is 0. The van der Waals surface area contributed by atoms with E-state index in [0.717, 1.165) is 51.4 Å². The summed E-state index contributed by atoms with van der Waals surface area (Å²) < 4.78 is 23.4. The Hall–Kier alpha value is -0.230. The zero-order valence-electron chi connectivity index (χ0n) is 15.0. The van der Waals surface area contributed by atoms with Crippen LogP contribution >= 0.6 is 0 Å². The highest BCUT2D eigenvalue weighted by Gasteiger charge is 2.35. The van der Waals surface area contributed by atoms with Gasteiger partial charge in [0.05, 0.1) is 26.4 Å². The number of hydrogen-bond acceptors (Lipinski definition) is 4. The molecule has 0 saturated carbocycles. The molecule has 0 atom stereocenters. The molecule has 0 aliphatic carbocycles. The van der Waals surface area contributed by atoms with Crippen molar-refractivity contribution in [1.82, 2.24) is 0 Å². The van der Waals surface area contributed by atoms with Crippen molar-refractivity contribution in [1.29, 1.82) is 0 Å². The van der Waals surface area contributed by atoms with Crippen LogP contribution in [0, 0.1) is 0 Å². The van der Waals surface area contributed by atoms with Crippen LogP contribution in [0.2, 0.25) is 0 Å². The van der Waals surface area contributed by atoms with Gasteiger partial charge >= 0.3 is 6.16 Å². The molecule has 0 aliphatic heterocycles. The molecule has 0 aromatic heterocycles. The van der Waals surface area contributed by atoms with Crippen LogP contribution in [-0.2, 0) is 18.9 Å². The van der Waals surface area contributed by atoms with Gasteiger partial charge in [-0.2, -0.15) is 0 Å². The molecule has 0 bridgehead atoms. The van der Waals surface area contributed by atoms with E-state index in [2.05, 4.69) is 27.7 Å². The molecule has 0 aromatic carbocycles. The van der Waals surface area contributed by atoms with Gasteiger partial charge < -0.3 is 18.9 Å². The van der Waals surface area contributed by atoms with Gasteiger partial charge in [-0.3, -0.25) is 4.70 Å². The number of ether oxygens (including phenoxy) is 4. The summed E-state index contributed by atoms with van der Waals surface area (Å²) in [5.41, 5.74) is 0. The molecular weight excluding hydrogens is 287 g/mol. The molecule has 0 aromatic rings. The Bertz CT molecular complexity index is 169. The summed E-state index contributed by atoms with van der Waals surface area (Å²) in [5, 5.41) is 0. The van der Waals surface area contributed by atoms with Crippen molar-refractivity contribution in [2.24, 2.45) is 0 Å². The molecule has 0 fully saturated rings. The summed E-state index contributed by atoms with van der Waals surface area (Å²) in [6, 6.07) is 0. The molecule has 0 spiro atoms. The first kappa shape index (κ1) is 24.0. The summed E-state index contributed by atoms with van der Waals surface area (Å²) in [6.07, 6.45) is 6.93. The second kappa shape index (κ2) is 17.1. The van der Waals surface area contributed by atoms with Crippen LogP contribution < -0.4 is 0 Å². The molecule has 0 radical (unpaired) electrons. The maximum Gasteiger partial charge on any atom is 0.412 e. The lowest BCUT2D eigenvalue weighted by molar-refractivity contribution is -0.499. The fourth-order valence-electron chi connectivity index (χ4n) is 1.62. The Balaban J connectivity index is 0. The molecule has 0 N–H and O–H groups in total. The van der Waals surface area contributed by atoms with E-state index in [1.54, 1.807) is 0 Å². The second-order valence-electron chi connectivity index (χ2n) is 5.31. The van der Waals surface area contributed by atoms with Gasteiger partial charge in [0.1, 0.15) is 0 Å². The van der Waals surface area contributed by atoms with Crippen LogP contribution in [0.5, 0.6) is 0 Å². The van der Waals surface area contributed by atoms with Gasteiger partial charge in [-0.1, -0.05) is 53.4 Å². The Morgan fingerprint density at radius 1 is 0.500 bits per heavy atom. The van der Waals surface area contributed by atoms with E-state index in [1.165, 1.54) is 0 Å².